The maximum absolute atomic E-state index is 12.7. The van der Waals surface area contributed by atoms with Crippen LogP contribution in [-0.2, 0) is 6.61 Å². The largest absolute Gasteiger partial charge is 0.489 e. The summed E-state index contributed by atoms with van der Waals surface area (Å²) in [4.78, 5) is 17.4. The van der Waals surface area contributed by atoms with Crippen molar-refractivity contribution in [2.24, 2.45) is 0 Å². The van der Waals surface area contributed by atoms with Gasteiger partial charge in [-0.3, -0.25) is 0 Å². The van der Waals surface area contributed by atoms with Gasteiger partial charge in [-0.25, -0.2) is 9.78 Å². The number of nitrogens with zero attached hydrogens (tertiary/aromatic N) is 1. The lowest BCUT2D eigenvalue weighted by molar-refractivity contribution is 0.305. The predicted molar refractivity (Wildman–Crippen MR) is 137 cm³/mol. The second kappa shape index (κ2) is 8.96. The van der Waals surface area contributed by atoms with Crippen LogP contribution in [0.4, 0.5) is 0 Å². The van der Waals surface area contributed by atoms with Gasteiger partial charge in [0.15, 0.2) is 0 Å². The van der Waals surface area contributed by atoms with E-state index in [2.05, 4.69) is 53.0 Å². The van der Waals surface area contributed by atoms with Gasteiger partial charge in [-0.2, -0.15) is 0 Å². The number of benzene rings is 3. The molecule has 2 heterocycles. The Kier molecular flexibility index (Phi) is 5.87. The Labute approximate surface area is 203 Å². The van der Waals surface area contributed by atoms with E-state index in [0.717, 1.165) is 26.7 Å². The average Bonchev–Trinajstić information content (AvgIpc) is 3.29. The van der Waals surface area contributed by atoms with E-state index in [0.29, 0.717) is 28.5 Å². The SMILES string of the molecule is Cc1ccc(C)c(COc2ccc3cc(-c4nc(-c5ccc(Br)cc5)cs4)c(=O)oc3c2)c1. The molecule has 0 radical (unpaired) electrons. The molecule has 0 aliphatic heterocycles. The van der Waals surface area contributed by atoms with Gasteiger partial charge in [0.1, 0.15) is 22.9 Å². The van der Waals surface area contributed by atoms with E-state index in [9.17, 15) is 4.79 Å². The van der Waals surface area contributed by atoms with Crippen molar-refractivity contribution in [1.29, 1.82) is 0 Å². The fourth-order valence-corrected chi connectivity index (χ4v) is 4.69. The molecule has 5 rings (SSSR count). The van der Waals surface area contributed by atoms with Crippen LogP contribution in [0.5, 0.6) is 5.75 Å². The number of hydrogen-bond donors (Lipinski definition) is 0. The number of ether oxygens (including phenoxy) is 1. The maximum atomic E-state index is 12.7. The number of aryl methyl sites for hydroxylation is 2. The van der Waals surface area contributed by atoms with Gasteiger partial charge in [0.05, 0.1) is 11.3 Å². The lowest BCUT2D eigenvalue weighted by atomic mass is 10.1. The molecular weight excluding hydrogens is 498 g/mol. The third-order valence-electron chi connectivity index (χ3n) is 5.48. The highest BCUT2D eigenvalue weighted by atomic mass is 79.9. The highest BCUT2D eigenvalue weighted by Crippen LogP contribution is 2.30. The van der Waals surface area contributed by atoms with Crippen LogP contribution in [0.15, 0.2) is 85.8 Å². The zero-order chi connectivity index (χ0) is 22.9. The van der Waals surface area contributed by atoms with E-state index in [1.165, 1.54) is 22.5 Å². The van der Waals surface area contributed by atoms with Crippen LogP contribution in [0.1, 0.15) is 16.7 Å². The first-order valence-electron chi connectivity index (χ1n) is 10.4. The van der Waals surface area contributed by atoms with Crippen LogP contribution in [-0.4, -0.2) is 4.98 Å². The van der Waals surface area contributed by atoms with E-state index in [-0.39, 0.29) is 0 Å². The van der Waals surface area contributed by atoms with Crippen molar-refractivity contribution < 1.29 is 9.15 Å². The number of fused-ring (bicyclic) bond motifs is 1. The van der Waals surface area contributed by atoms with E-state index in [1.54, 1.807) is 6.07 Å². The summed E-state index contributed by atoms with van der Waals surface area (Å²) >= 11 is 4.87. The quantitative estimate of drug-likeness (QED) is 0.226. The summed E-state index contributed by atoms with van der Waals surface area (Å²) in [6.07, 6.45) is 0. The van der Waals surface area contributed by atoms with Crippen molar-refractivity contribution in [2.75, 3.05) is 0 Å². The van der Waals surface area contributed by atoms with Gasteiger partial charge in [-0.15, -0.1) is 11.3 Å². The Hall–Kier alpha value is -3.22. The molecule has 0 saturated carbocycles. The number of halogens is 1. The molecule has 0 bridgehead atoms. The number of rotatable bonds is 5. The second-order valence-electron chi connectivity index (χ2n) is 7.91. The van der Waals surface area contributed by atoms with E-state index in [4.69, 9.17) is 9.15 Å². The Morgan fingerprint density at radius 3 is 2.64 bits per heavy atom. The second-order valence-corrected chi connectivity index (χ2v) is 9.68. The molecule has 5 aromatic rings. The first kappa shape index (κ1) is 21.6. The first-order valence-corrected chi connectivity index (χ1v) is 12.1. The van der Waals surface area contributed by atoms with Crippen molar-refractivity contribution in [3.63, 3.8) is 0 Å². The van der Waals surface area contributed by atoms with Gasteiger partial charge < -0.3 is 9.15 Å². The highest BCUT2D eigenvalue weighted by molar-refractivity contribution is 9.10. The number of hydrogen-bond acceptors (Lipinski definition) is 5. The Morgan fingerprint density at radius 1 is 1.00 bits per heavy atom. The average molecular weight is 518 g/mol. The highest BCUT2D eigenvalue weighted by Gasteiger charge is 2.13. The molecule has 0 aliphatic rings. The Balaban J connectivity index is 1.41. The lowest BCUT2D eigenvalue weighted by Crippen LogP contribution is -2.03. The third-order valence-corrected chi connectivity index (χ3v) is 6.89. The van der Waals surface area contributed by atoms with Crippen LogP contribution < -0.4 is 10.4 Å². The van der Waals surface area contributed by atoms with Crippen LogP contribution in [0, 0.1) is 13.8 Å². The summed E-state index contributed by atoms with van der Waals surface area (Å²) < 4.78 is 12.6. The van der Waals surface area contributed by atoms with E-state index in [1.807, 2.05) is 47.8 Å². The van der Waals surface area contributed by atoms with Crippen LogP contribution in [0.25, 0.3) is 32.8 Å². The first-order chi connectivity index (χ1) is 16.0. The molecule has 0 N–H and O–H groups in total. The molecule has 164 valence electrons. The summed E-state index contributed by atoms with van der Waals surface area (Å²) in [7, 11) is 0. The maximum Gasteiger partial charge on any atom is 0.346 e. The van der Waals surface area contributed by atoms with E-state index < -0.39 is 5.63 Å². The summed E-state index contributed by atoms with van der Waals surface area (Å²) in [6, 6.07) is 21.6. The van der Waals surface area contributed by atoms with Crippen molar-refractivity contribution in [3.8, 4) is 27.6 Å². The molecule has 0 amide bonds. The Bertz CT molecular complexity index is 1520. The standard InChI is InChI=1S/C27H20BrNO3S/c1-16-3-4-17(2)20(11-16)14-31-22-10-7-19-12-23(27(30)32-25(19)13-22)26-29-24(15-33-26)18-5-8-21(28)9-6-18/h3-13,15H,14H2,1-2H3. The van der Waals surface area contributed by atoms with Gasteiger partial charge in [0.2, 0.25) is 0 Å². The molecule has 0 unspecified atom stereocenters. The van der Waals surface area contributed by atoms with Crippen LogP contribution in [0.2, 0.25) is 0 Å². The smallest absolute Gasteiger partial charge is 0.346 e. The molecule has 0 spiro atoms. The van der Waals surface area contributed by atoms with Gasteiger partial charge in [-0.05, 0) is 55.3 Å². The van der Waals surface area contributed by atoms with Gasteiger partial charge in [0, 0.05) is 26.9 Å². The van der Waals surface area contributed by atoms with Crippen molar-refractivity contribution in [2.45, 2.75) is 20.5 Å². The fraction of sp³-hybridized carbons (Fsp3) is 0.111. The molecular formula is C27H20BrNO3S. The molecule has 4 nitrogen and oxygen atoms in total. The summed E-state index contributed by atoms with van der Waals surface area (Å²) in [6.45, 7) is 4.59. The molecule has 0 aliphatic carbocycles. The number of aromatic nitrogens is 1. The van der Waals surface area contributed by atoms with Crippen LogP contribution >= 0.6 is 27.3 Å². The van der Waals surface area contributed by atoms with E-state index >= 15 is 0 Å². The normalized spacial score (nSPS) is 11.1. The minimum atomic E-state index is -0.411. The van der Waals surface area contributed by atoms with Gasteiger partial charge in [0.25, 0.3) is 0 Å². The minimum Gasteiger partial charge on any atom is -0.489 e. The van der Waals surface area contributed by atoms with Crippen molar-refractivity contribution in [1.82, 2.24) is 4.98 Å². The predicted octanol–water partition coefficient (Wildman–Crippen LogP) is 7.54. The van der Waals surface area contributed by atoms with Gasteiger partial charge >= 0.3 is 5.63 Å². The molecule has 0 atom stereocenters. The molecule has 2 aromatic heterocycles. The summed E-state index contributed by atoms with van der Waals surface area (Å²) in [5.74, 6) is 0.658. The van der Waals surface area contributed by atoms with Crippen molar-refractivity contribution >= 4 is 38.2 Å². The zero-order valence-electron chi connectivity index (χ0n) is 18.1. The fourth-order valence-electron chi connectivity index (χ4n) is 3.60. The molecule has 0 fully saturated rings. The summed E-state index contributed by atoms with van der Waals surface area (Å²) in [5.41, 5.74) is 5.88. The topological polar surface area (TPSA) is 52.3 Å². The zero-order valence-corrected chi connectivity index (χ0v) is 20.5. The molecule has 6 heteroatoms. The molecule has 33 heavy (non-hydrogen) atoms. The van der Waals surface area contributed by atoms with Crippen LogP contribution in [0.3, 0.4) is 0 Å². The third kappa shape index (κ3) is 4.63. The molecule has 0 saturated heterocycles. The number of thiazole rings is 1. The van der Waals surface area contributed by atoms with Crippen molar-refractivity contribution in [3.05, 3.63) is 104 Å². The Morgan fingerprint density at radius 2 is 1.82 bits per heavy atom. The molecule has 3 aromatic carbocycles. The monoisotopic (exact) mass is 517 g/mol. The summed E-state index contributed by atoms with van der Waals surface area (Å²) in [5, 5.41) is 3.41. The lowest BCUT2D eigenvalue weighted by Gasteiger charge is -2.10. The van der Waals surface area contributed by atoms with Gasteiger partial charge in [-0.1, -0.05) is 51.8 Å². The minimum absolute atomic E-state index is 0.411.